The fourth-order valence-corrected chi connectivity index (χ4v) is 4.06. The van der Waals surface area contributed by atoms with Crippen molar-refractivity contribution in [3.63, 3.8) is 0 Å². The summed E-state index contributed by atoms with van der Waals surface area (Å²) in [6.07, 6.45) is 1.24. The molecule has 3 rings (SSSR count). The number of ether oxygens (including phenoxy) is 2. The molecule has 0 radical (unpaired) electrons. The van der Waals surface area contributed by atoms with Crippen LogP contribution in [0.5, 0.6) is 0 Å². The van der Waals surface area contributed by atoms with E-state index < -0.39 is 17.0 Å². The maximum Gasteiger partial charge on any atom is 0.317 e. The molecule has 2 aromatic rings. The molecule has 2 aromatic carbocycles. The molecule has 1 aliphatic heterocycles. The minimum Gasteiger partial charge on any atom is -0.468 e. The van der Waals surface area contributed by atoms with Crippen molar-refractivity contribution in [1.29, 1.82) is 0 Å². The predicted molar refractivity (Wildman–Crippen MR) is 93.7 cm³/mol. The fourth-order valence-electron chi connectivity index (χ4n) is 4.06. The van der Waals surface area contributed by atoms with Gasteiger partial charge >= 0.3 is 11.9 Å². The molecular weight excluding hydrogens is 316 g/mol. The minimum absolute atomic E-state index is 0.0112. The molecule has 1 atom stereocenters. The smallest absolute Gasteiger partial charge is 0.317 e. The van der Waals surface area contributed by atoms with E-state index in [4.69, 9.17) is 9.47 Å². The van der Waals surface area contributed by atoms with E-state index >= 15 is 0 Å². The summed E-state index contributed by atoms with van der Waals surface area (Å²) >= 11 is 0. The monoisotopic (exact) mass is 338 g/mol. The number of carbonyl (C=O) groups is 2. The van der Waals surface area contributed by atoms with Gasteiger partial charge < -0.3 is 9.47 Å². The Labute approximate surface area is 147 Å². The maximum absolute atomic E-state index is 13.0. The number of rotatable bonds is 5. The van der Waals surface area contributed by atoms with Gasteiger partial charge in [-0.15, -0.1) is 0 Å². The highest BCUT2D eigenvalue weighted by atomic mass is 16.6. The maximum atomic E-state index is 13.0. The summed E-state index contributed by atoms with van der Waals surface area (Å²) in [6, 6.07) is 19.0. The standard InChI is InChI=1S/C21H22O4/c1-3-14-20(19(23)24-2)15-18(22)25-21(20,16-10-6-4-7-11-16)17-12-8-5-9-13-17/h4-13H,3,14-15H2,1-2H3. The molecule has 4 nitrogen and oxygen atoms in total. The van der Waals surface area contributed by atoms with Crippen LogP contribution in [0.4, 0.5) is 0 Å². The lowest BCUT2D eigenvalue weighted by Gasteiger charge is -2.42. The van der Waals surface area contributed by atoms with Crippen LogP contribution in [0, 0.1) is 5.41 Å². The van der Waals surface area contributed by atoms with Crippen molar-refractivity contribution >= 4 is 11.9 Å². The highest BCUT2D eigenvalue weighted by Gasteiger charge is 2.66. The zero-order chi connectivity index (χ0) is 17.9. The van der Waals surface area contributed by atoms with E-state index in [1.807, 2.05) is 67.6 Å². The van der Waals surface area contributed by atoms with Gasteiger partial charge in [0.2, 0.25) is 0 Å². The quantitative estimate of drug-likeness (QED) is 0.777. The average molecular weight is 338 g/mol. The SMILES string of the molecule is CCCC1(C(=O)OC)CC(=O)OC1(c1ccccc1)c1ccccc1. The Balaban J connectivity index is 2.35. The largest absolute Gasteiger partial charge is 0.468 e. The van der Waals surface area contributed by atoms with Crippen molar-refractivity contribution in [2.75, 3.05) is 7.11 Å². The van der Waals surface area contributed by atoms with E-state index in [1.54, 1.807) is 0 Å². The Morgan fingerprint density at radius 2 is 1.56 bits per heavy atom. The molecular formula is C21H22O4. The molecule has 130 valence electrons. The van der Waals surface area contributed by atoms with Crippen LogP contribution < -0.4 is 0 Å². The van der Waals surface area contributed by atoms with Gasteiger partial charge in [-0.3, -0.25) is 9.59 Å². The van der Waals surface area contributed by atoms with Crippen LogP contribution >= 0.6 is 0 Å². The fraction of sp³-hybridized carbons (Fsp3) is 0.333. The van der Waals surface area contributed by atoms with Crippen molar-refractivity contribution in [3.05, 3.63) is 71.8 Å². The zero-order valence-electron chi connectivity index (χ0n) is 14.5. The van der Waals surface area contributed by atoms with Gasteiger partial charge in [0.1, 0.15) is 5.41 Å². The van der Waals surface area contributed by atoms with E-state index in [9.17, 15) is 9.59 Å². The first kappa shape index (κ1) is 17.2. The van der Waals surface area contributed by atoms with Gasteiger partial charge in [-0.1, -0.05) is 74.0 Å². The highest BCUT2D eigenvalue weighted by Crippen LogP contribution is 2.58. The molecule has 1 unspecified atom stereocenters. The number of benzene rings is 2. The average Bonchev–Trinajstić information content (AvgIpc) is 2.97. The number of methoxy groups -OCH3 is 1. The van der Waals surface area contributed by atoms with Gasteiger partial charge in [-0.2, -0.15) is 0 Å². The first-order valence-electron chi connectivity index (χ1n) is 8.52. The van der Waals surface area contributed by atoms with Crippen LogP contribution in [0.1, 0.15) is 37.3 Å². The number of cyclic esters (lactones) is 1. The lowest BCUT2D eigenvalue weighted by Crippen LogP contribution is -2.49. The molecule has 4 heteroatoms. The van der Waals surface area contributed by atoms with Crippen LogP contribution in [-0.4, -0.2) is 19.0 Å². The summed E-state index contributed by atoms with van der Waals surface area (Å²) in [7, 11) is 1.36. The molecule has 1 fully saturated rings. The molecule has 0 spiro atoms. The second kappa shape index (κ2) is 6.71. The van der Waals surface area contributed by atoms with Crippen molar-refractivity contribution in [1.82, 2.24) is 0 Å². The van der Waals surface area contributed by atoms with Gasteiger partial charge in [-0.05, 0) is 6.42 Å². The number of esters is 2. The Hall–Kier alpha value is -2.62. The summed E-state index contributed by atoms with van der Waals surface area (Å²) in [5.41, 5.74) is -0.705. The van der Waals surface area contributed by atoms with Gasteiger partial charge in [0, 0.05) is 11.1 Å². The summed E-state index contributed by atoms with van der Waals surface area (Å²) in [4.78, 5) is 25.5. The third-order valence-corrected chi connectivity index (χ3v) is 5.00. The lowest BCUT2D eigenvalue weighted by atomic mass is 9.62. The topological polar surface area (TPSA) is 52.6 Å². The molecule has 1 aliphatic rings. The van der Waals surface area contributed by atoms with Gasteiger partial charge in [0.25, 0.3) is 0 Å². The molecule has 0 N–H and O–H groups in total. The third kappa shape index (κ3) is 2.53. The summed E-state index contributed by atoms with van der Waals surface area (Å²) in [6.45, 7) is 1.99. The highest BCUT2D eigenvalue weighted by molar-refractivity contribution is 5.90. The van der Waals surface area contributed by atoms with Crippen LogP contribution in [0.2, 0.25) is 0 Å². The van der Waals surface area contributed by atoms with E-state index in [0.717, 1.165) is 17.5 Å². The van der Waals surface area contributed by atoms with E-state index in [1.165, 1.54) is 7.11 Å². The Morgan fingerprint density at radius 3 is 2.00 bits per heavy atom. The molecule has 25 heavy (non-hydrogen) atoms. The van der Waals surface area contributed by atoms with Crippen LogP contribution in [0.3, 0.4) is 0 Å². The third-order valence-electron chi connectivity index (χ3n) is 5.00. The van der Waals surface area contributed by atoms with E-state index in [0.29, 0.717) is 6.42 Å². The Morgan fingerprint density at radius 1 is 1.04 bits per heavy atom. The molecule has 0 saturated carbocycles. The predicted octanol–water partition coefficient (Wildman–Crippen LogP) is 3.84. The van der Waals surface area contributed by atoms with Crippen LogP contribution in [-0.2, 0) is 24.7 Å². The molecule has 0 amide bonds. The molecule has 0 aromatic heterocycles. The number of hydrogen-bond donors (Lipinski definition) is 0. The number of hydrogen-bond acceptors (Lipinski definition) is 4. The summed E-state index contributed by atoms with van der Waals surface area (Å²) in [5.74, 6) is -0.792. The first-order valence-corrected chi connectivity index (χ1v) is 8.52. The van der Waals surface area contributed by atoms with Gasteiger partial charge in [-0.25, -0.2) is 0 Å². The van der Waals surface area contributed by atoms with Crippen molar-refractivity contribution in [2.45, 2.75) is 31.8 Å². The number of carbonyl (C=O) groups excluding carboxylic acids is 2. The molecule has 1 heterocycles. The molecule has 1 saturated heterocycles. The minimum atomic E-state index is -1.18. The van der Waals surface area contributed by atoms with Crippen molar-refractivity contribution < 1.29 is 19.1 Å². The van der Waals surface area contributed by atoms with Crippen LogP contribution in [0.15, 0.2) is 60.7 Å². The molecule has 0 aliphatic carbocycles. The second-order valence-corrected chi connectivity index (χ2v) is 6.39. The van der Waals surface area contributed by atoms with Crippen molar-refractivity contribution in [2.24, 2.45) is 5.41 Å². The van der Waals surface area contributed by atoms with Crippen molar-refractivity contribution in [3.8, 4) is 0 Å². The lowest BCUT2D eigenvalue weighted by molar-refractivity contribution is -0.165. The normalized spacial score (nSPS) is 21.6. The first-order chi connectivity index (χ1) is 12.1. The summed E-state index contributed by atoms with van der Waals surface area (Å²) in [5, 5.41) is 0. The molecule has 0 bridgehead atoms. The van der Waals surface area contributed by atoms with Gasteiger partial charge in [0.15, 0.2) is 5.60 Å². The van der Waals surface area contributed by atoms with E-state index in [-0.39, 0.29) is 12.4 Å². The zero-order valence-corrected chi connectivity index (χ0v) is 14.5. The Kier molecular flexibility index (Phi) is 4.62. The van der Waals surface area contributed by atoms with E-state index in [2.05, 4.69) is 0 Å². The Bertz CT molecular complexity index is 714. The second-order valence-electron chi connectivity index (χ2n) is 6.39. The van der Waals surface area contributed by atoms with Crippen LogP contribution in [0.25, 0.3) is 0 Å². The van der Waals surface area contributed by atoms with Gasteiger partial charge in [0.05, 0.1) is 13.5 Å². The summed E-state index contributed by atoms with van der Waals surface area (Å²) < 4.78 is 11.1.